The highest BCUT2D eigenvalue weighted by Gasteiger charge is 2.21. The van der Waals surface area contributed by atoms with E-state index in [-0.39, 0.29) is 43.3 Å². The van der Waals surface area contributed by atoms with E-state index in [0.717, 1.165) is 16.4 Å². The molecule has 0 aliphatic carbocycles. The Labute approximate surface area is 193 Å². The predicted molar refractivity (Wildman–Crippen MR) is 120 cm³/mol. The van der Waals surface area contributed by atoms with E-state index in [1.165, 1.54) is 33.4 Å². The van der Waals surface area contributed by atoms with E-state index in [9.17, 15) is 22.7 Å². The lowest BCUT2D eigenvalue weighted by atomic mass is 10.2. The summed E-state index contributed by atoms with van der Waals surface area (Å²) in [4.78, 5) is 12.0. The molecule has 0 spiro atoms. The molecule has 0 aliphatic heterocycles. The van der Waals surface area contributed by atoms with E-state index in [2.05, 4.69) is 5.32 Å². The fourth-order valence-corrected chi connectivity index (χ4v) is 4.10. The molecular weight excluding hydrogens is 455 g/mol. The summed E-state index contributed by atoms with van der Waals surface area (Å²) < 4.78 is 55.1. The number of aliphatic hydroxyl groups excluding tert-OH is 1. The number of carbonyl (C=O) groups excluding carboxylic acids is 1. The van der Waals surface area contributed by atoms with Crippen LogP contribution in [0.25, 0.3) is 0 Å². The van der Waals surface area contributed by atoms with Crippen LogP contribution < -0.4 is 19.5 Å². The third kappa shape index (κ3) is 7.58. The topological polar surface area (TPSA) is 114 Å². The quantitative estimate of drug-likeness (QED) is 0.446. The minimum absolute atomic E-state index is 0.0225. The Morgan fingerprint density at radius 2 is 1.73 bits per heavy atom. The fourth-order valence-electron chi connectivity index (χ4n) is 2.89. The van der Waals surface area contributed by atoms with Crippen LogP contribution in [-0.2, 0) is 14.8 Å². The zero-order valence-corrected chi connectivity index (χ0v) is 19.6. The number of nitrogens with one attached hydrogen (secondary N) is 1. The first kappa shape index (κ1) is 26.4. The van der Waals surface area contributed by atoms with Gasteiger partial charge in [0.15, 0.2) is 11.5 Å². The Hall–Kier alpha value is -2.89. The summed E-state index contributed by atoms with van der Waals surface area (Å²) in [5.74, 6) is 0.383. The molecule has 182 valence electrons. The van der Waals surface area contributed by atoms with Crippen LogP contribution in [0.5, 0.6) is 17.2 Å². The first-order chi connectivity index (χ1) is 15.7. The minimum atomic E-state index is -3.77. The molecule has 1 atom stereocenters. The van der Waals surface area contributed by atoms with Crippen molar-refractivity contribution in [2.45, 2.75) is 23.8 Å². The standard InChI is InChI=1S/C22H29FN2O7S/c1-25(33(28,29)18-11-9-16(23)10-12-18)13-5-8-21(27)24-14-17(26)15-32-22-19(30-2)6-4-7-20(22)31-3/h4,6-7,9-12,17,26H,5,8,13-15H2,1-3H3,(H,24,27). The lowest BCUT2D eigenvalue weighted by Gasteiger charge is -2.18. The molecule has 0 aliphatic rings. The van der Waals surface area contributed by atoms with Gasteiger partial charge in [0, 0.05) is 26.6 Å². The SMILES string of the molecule is COc1cccc(OC)c1OCC(O)CNC(=O)CCCN(C)S(=O)(=O)c1ccc(F)cc1. The van der Waals surface area contributed by atoms with Crippen LogP contribution in [0.15, 0.2) is 47.4 Å². The number of sulfonamides is 1. The van der Waals surface area contributed by atoms with Gasteiger partial charge >= 0.3 is 0 Å². The third-order valence-electron chi connectivity index (χ3n) is 4.74. The monoisotopic (exact) mass is 484 g/mol. The van der Waals surface area contributed by atoms with Crippen LogP contribution in [0, 0.1) is 5.82 Å². The second kappa shape index (κ2) is 12.4. The molecule has 1 amide bonds. The Bertz CT molecular complexity index is 994. The maximum atomic E-state index is 13.0. The highest BCUT2D eigenvalue weighted by atomic mass is 32.2. The molecule has 0 fully saturated rings. The molecule has 1 unspecified atom stereocenters. The Morgan fingerprint density at radius 1 is 1.12 bits per heavy atom. The average molecular weight is 485 g/mol. The number of aliphatic hydroxyl groups is 1. The summed E-state index contributed by atoms with van der Waals surface area (Å²) in [6.45, 7) is -0.0396. The van der Waals surface area contributed by atoms with E-state index >= 15 is 0 Å². The van der Waals surface area contributed by atoms with Crippen molar-refractivity contribution >= 4 is 15.9 Å². The minimum Gasteiger partial charge on any atom is -0.493 e. The van der Waals surface area contributed by atoms with E-state index in [0.29, 0.717) is 17.2 Å². The van der Waals surface area contributed by atoms with Crippen molar-refractivity contribution in [1.29, 1.82) is 0 Å². The predicted octanol–water partition coefficient (Wildman–Crippen LogP) is 1.80. The maximum Gasteiger partial charge on any atom is 0.242 e. The zero-order valence-electron chi connectivity index (χ0n) is 18.8. The number of halogens is 1. The van der Waals surface area contributed by atoms with Crippen molar-refractivity contribution in [3.8, 4) is 17.2 Å². The summed E-state index contributed by atoms with van der Waals surface area (Å²) in [5, 5.41) is 12.7. The van der Waals surface area contributed by atoms with Gasteiger partial charge < -0.3 is 24.6 Å². The van der Waals surface area contributed by atoms with E-state index in [4.69, 9.17) is 14.2 Å². The highest BCUT2D eigenvalue weighted by Crippen LogP contribution is 2.36. The van der Waals surface area contributed by atoms with Crippen molar-refractivity contribution in [3.05, 3.63) is 48.3 Å². The molecule has 0 bridgehead atoms. The number of benzene rings is 2. The van der Waals surface area contributed by atoms with E-state index < -0.39 is 21.9 Å². The second-order valence-corrected chi connectivity index (χ2v) is 9.19. The molecule has 33 heavy (non-hydrogen) atoms. The van der Waals surface area contributed by atoms with Gasteiger partial charge in [-0.25, -0.2) is 17.1 Å². The number of amides is 1. The van der Waals surface area contributed by atoms with Crippen molar-refractivity contribution in [3.63, 3.8) is 0 Å². The Balaban J connectivity index is 1.74. The molecule has 0 heterocycles. The molecule has 0 aromatic heterocycles. The molecule has 2 rings (SSSR count). The van der Waals surface area contributed by atoms with Crippen LogP contribution in [0.3, 0.4) is 0 Å². The lowest BCUT2D eigenvalue weighted by molar-refractivity contribution is -0.121. The molecule has 9 nitrogen and oxygen atoms in total. The number of ether oxygens (including phenoxy) is 3. The third-order valence-corrected chi connectivity index (χ3v) is 6.61. The molecule has 2 aromatic carbocycles. The first-order valence-corrected chi connectivity index (χ1v) is 11.6. The van der Waals surface area contributed by atoms with Crippen LogP contribution in [0.2, 0.25) is 0 Å². The normalized spacial score (nSPS) is 12.3. The molecule has 0 saturated heterocycles. The number of methoxy groups -OCH3 is 2. The molecule has 2 N–H and O–H groups in total. The zero-order chi connectivity index (χ0) is 24.4. The van der Waals surface area contributed by atoms with Gasteiger partial charge in [-0.15, -0.1) is 0 Å². The number of nitrogens with zero attached hydrogens (tertiary/aromatic N) is 1. The number of rotatable bonds is 13. The summed E-state index contributed by atoms with van der Waals surface area (Å²) in [5.41, 5.74) is 0. The lowest BCUT2D eigenvalue weighted by Crippen LogP contribution is -2.35. The van der Waals surface area contributed by atoms with Gasteiger partial charge in [-0.1, -0.05) is 6.07 Å². The number of hydrogen-bond acceptors (Lipinski definition) is 7. The summed E-state index contributed by atoms with van der Waals surface area (Å²) >= 11 is 0. The number of para-hydroxylation sites is 1. The molecule has 2 aromatic rings. The van der Waals surface area contributed by atoms with Gasteiger partial charge in [0.2, 0.25) is 21.7 Å². The Morgan fingerprint density at radius 3 is 2.30 bits per heavy atom. The van der Waals surface area contributed by atoms with Crippen molar-refractivity contribution in [2.24, 2.45) is 0 Å². The van der Waals surface area contributed by atoms with Gasteiger partial charge in [-0.3, -0.25) is 4.79 Å². The van der Waals surface area contributed by atoms with Crippen molar-refractivity contribution < 1.29 is 36.9 Å². The molecule has 0 saturated carbocycles. The van der Waals surface area contributed by atoms with E-state index in [1.807, 2.05) is 0 Å². The van der Waals surface area contributed by atoms with Gasteiger partial charge in [0.25, 0.3) is 0 Å². The summed E-state index contributed by atoms with van der Waals surface area (Å²) in [6, 6.07) is 9.67. The second-order valence-electron chi connectivity index (χ2n) is 7.14. The first-order valence-electron chi connectivity index (χ1n) is 10.2. The number of carbonyl (C=O) groups is 1. The smallest absolute Gasteiger partial charge is 0.242 e. The molecule has 0 radical (unpaired) electrons. The van der Waals surface area contributed by atoms with E-state index in [1.54, 1.807) is 18.2 Å². The van der Waals surface area contributed by atoms with Gasteiger partial charge in [0.1, 0.15) is 18.5 Å². The summed E-state index contributed by atoms with van der Waals surface area (Å²) in [6.07, 6.45) is -0.643. The van der Waals surface area contributed by atoms with Crippen molar-refractivity contribution in [1.82, 2.24) is 9.62 Å². The van der Waals surface area contributed by atoms with Gasteiger partial charge in [0.05, 0.1) is 19.1 Å². The van der Waals surface area contributed by atoms with Gasteiger partial charge in [-0.05, 0) is 42.8 Å². The van der Waals surface area contributed by atoms with Crippen LogP contribution >= 0.6 is 0 Å². The molecular formula is C22H29FN2O7S. The van der Waals surface area contributed by atoms with Gasteiger partial charge in [-0.2, -0.15) is 0 Å². The van der Waals surface area contributed by atoms with Crippen molar-refractivity contribution in [2.75, 3.05) is 41.0 Å². The average Bonchev–Trinajstić information content (AvgIpc) is 2.81. The van der Waals surface area contributed by atoms with Crippen LogP contribution in [0.1, 0.15) is 12.8 Å². The van der Waals surface area contributed by atoms with Crippen LogP contribution in [0.4, 0.5) is 4.39 Å². The Kier molecular flexibility index (Phi) is 9.89. The molecule has 11 heteroatoms. The summed E-state index contributed by atoms with van der Waals surface area (Å²) in [7, 11) is 0.599. The fraction of sp³-hybridized carbons (Fsp3) is 0.409. The van der Waals surface area contributed by atoms with Crippen LogP contribution in [-0.4, -0.2) is 70.8 Å². The number of hydrogen-bond donors (Lipinski definition) is 2. The highest BCUT2D eigenvalue weighted by molar-refractivity contribution is 7.89. The largest absolute Gasteiger partial charge is 0.493 e. The maximum absolute atomic E-state index is 13.0.